The number of rotatable bonds is 5. The molecule has 37 heavy (non-hydrogen) atoms. The number of hydrogen-bond donors (Lipinski definition) is 3. The predicted molar refractivity (Wildman–Crippen MR) is 141 cm³/mol. The Balaban J connectivity index is 1.54. The molecule has 2 aliphatic rings. The van der Waals surface area contributed by atoms with Crippen LogP contribution in [0.5, 0.6) is 0 Å². The van der Waals surface area contributed by atoms with E-state index in [1.807, 2.05) is 18.3 Å². The number of nitrogens with one attached hydrogen (secondary N) is 2. The van der Waals surface area contributed by atoms with Crippen LogP contribution in [0.4, 0.5) is 20.6 Å². The van der Waals surface area contributed by atoms with Crippen LogP contribution in [0.2, 0.25) is 0 Å². The fourth-order valence-electron chi connectivity index (χ4n) is 5.01. The Morgan fingerprint density at radius 2 is 2.05 bits per heavy atom. The van der Waals surface area contributed by atoms with Crippen LogP contribution in [0, 0.1) is 23.2 Å². The van der Waals surface area contributed by atoms with Crippen molar-refractivity contribution in [3.8, 4) is 6.19 Å². The maximum atomic E-state index is 13.5. The molecule has 1 fully saturated rings. The van der Waals surface area contributed by atoms with Crippen LogP contribution in [-0.4, -0.2) is 77.2 Å². The van der Waals surface area contributed by atoms with Gasteiger partial charge in [-0.05, 0) is 47.7 Å². The van der Waals surface area contributed by atoms with Gasteiger partial charge in [-0.25, -0.2) is 14.2 Å². The van der Waals surface area contributed by atoms with Crippen LogP contribution in [0.25, 0.3) is 0 Å². The summed E-state index contributed by atoms with van der Waals surface area (Å²) in [6.45, 7) is 7.89. The van der Waals surface area contributed by atoms with Gasteiger partial charge < -0.3 is 20.2 Å². The fourth-order valence-corrected chi connectivity index (χ4v) is 5.01. The van der Waals surface area contributed by atoms with Crippen molar-refractivity contribution in [2.45, 2.75) is 32.9 Å². The second-order valence-electron chi connectivity index (χ2n) is 9.73. The number of nitrogens with zero attached hydrogens (tertiary/aromatic N) is 5. The van der Waals surface area contributed by atoms with Crippen LogP contribution in [0.1, 0.15) is 25.0 Å². The molecule has 2 aliphatic heterocycles. The summed E-state index contributed by atoms with van der Waals surface area (Å²) in [4.78, 5) is 23.8. The smallest absolute Gasteiger partial charge is 0.321 e. The van der Waals surface area contributed by atoms with E-state index < -0.39 is 5.82 Å². The number of fused-ring (bicyclic) bond motifs is 1. The van der Waals surface area contributed by atoms with Crippen molar-refractivity contribution < 1.29 is 14.3 Å². The van der Waals surface area contributed by atoms with E-state index in [0.717, 1.165) is 30.8 Å². The Morgan fingerprint density at radius 3 is 2.78 bits per heavy atom. The minimum absolute atomic E-state index is 0.0776. The van der Waals surface area contributed by atoms with Gasteiger partial charge in [0.15, 0.2) is 6.19 Å². The monoisotopic (exact) mass is 507 g/mol. The molecule has 0 radical (unpaired) electrons. The van der Waals surface area contributed by atoms with Crippen molar-refractivity contribution in [2.24, 2.45) is 10.9 Å². The van der Waals surface area contributed by atoms with Crippen LogP contribution < -0.4 is 10.6 Å². The van der Waals surface area contributed by atoms with E-state index in [4.69, 9.17) is 4.99 Å². The molecular formula is C27H34FN7O2. The molecule has 1 atom stereocenters. The Hall–Kier alpha value is -3.68. The zero-order valence-corrected chi connectivity index (χ0v) is 21.3. The standard InChI is InChI=1S/C27H34FN7O2/c1-19(2)25-17-34(27(37)31-22-7-4-6-21(28)15-22)11-12-35(25)26(30-18-29)32-24-8-3-5-20-16-33(13-14-36)10-9-23(20)24/h3-8,15,19,25,36H,9-14,16-17H2,1-2H3,(H,30,32)(H,31,37). The molecule has 2 aromatic carbocycles. The van der Waals surface area contributed by atoms with Crippen molar-refractivity contribution in [2.75, 3.05) is 44.6 Å². The quantitative estimate of drug-likeness (QED) is 0.249. The molecule has 2 heterocycles. The number of piperazine rings is 1. The van der Waals surface area contributed by atoms with Crippen molar-refractivity contribution in [1.29, 1.82) is 5.26 Å². The number of benzene rings is 2. The number of hydrogen-bond acceptors (Lipinski definition) is 5. The number of guanidine groups is 1. The molecule has 0 bridgehead atoms. The third kappa shape index (κ3) is 6.37. The Bertz CT molecular complexity index is 1180. The number of aliphatic imine (C=N–C) groups is 1. The zero-order chi connectivity index (χ0) is 26.4. The number of amides is 2. The van der Waals surface area contributed by atoms with Crippen LogP contribution >= 0.6 is 0 Å². The molecule has 2 amide bonds. The second-order valence-corrected chi connectivity index (χ2v) is 9.73. The predicted octanol–water partition coefficient (Wildman–Crippen LogP) is 3.11. The zero-order valence-electron chi connectivity index (χ0n) is 21.3. The first kappa shape index (κ1) is 26.4. The molecule has 2 aromatic rings. The third-order valence-electron chi connectivity index (χ3n) is 6.95. The van der Waals surface area contributed by atoms with Crippen LogP contribution in [-0.2, 0) is 13.0 Å². The van der Waals surface area contributed by atoms with E-state index in [-0.39, 0.29) is 24.6 Å². The lowest BCUT2D eigenvalue weighted by Gasteiger charge is -2.44. The number of β-amino-alcohol motifs (C(OH)–C–C–N with tert-alkyl or cyclic N) is 1. The highest BCUT2D eigenvalue weighted by Crippen LogP contribution is 2.29. The van der Waals surface area contributed by atoms with E-state index >= 15 is 0 Å². The Labute approximate surface area is 217 Å². The van der Waals surface area contributed by atoms with Crippen molar-refractivity contribution >= 4 is 23.4 Å². The summed E-state index contributed by atoms with van der Waals surface area (Å²) in [5.41, 5.74) is 3.57. The number of anilines is 1. The normalized spacial score (nSPS) is 18.4. The first-order valence-corrected chi connectivity index (χ1v) is 12.7. The van der Waals surface area contributed by atoms with E-state index in [0.29, 0.717) is 37.8 Å². The highest BCUT2D eigenvalue weighted by Gasteiger charge is 2.34. The lowest BCUT2D eigenvalue weighted by atomic mass is 9.98. The van der Waals surface area contributed by atoms with Crippen LogP contribution in [0.15, 0.2) is 47.5 Å². The summed E-state index contributed by atoms with van der Waals surface area (Å²) in [7, 11) is 0. The van der Waals surface area contributed by atoms with Crippen molar-refractivity contribution in [3.05, 3.63) is 59.4 Å². The summed E-state index contributed by atoms with van der Waals surface area (Å²) in [6, 6.07) is 11.5. The molecule has 0 aliphatic carbocycles. The van der Waals surface area contributed by atoms with E-state index in [1.54, 1.807) is 17.0 Å². The highest BCUT2D eigenvalue weighted by atomic mass is 19.1. The molecule has 9 nitrogen and oxygen atoms in total. The van der Waals surface area contributed by atoms with Crippen molar-refractivity contribution in [1.82, 2.24) is 20.0 Å². The lowest BCUT2D eigenvalue weighted by molar-refractivity contribution is 0.118. The average Bonchev–Trinajstić information content (AvgIpc) is 2.88. The van der Waals surface area contributed by atoms with Gasteiger partial charge in [0.25, 0.3) is 0 Å². The maximum absolute atomic E-state index is 13.5. The summed E-state index contributed by atoms with van der Waals surface area (Å²) in [6.07, 6.45) is 2.85. The first-order chi connectivity index (χ1) is 17.9. The molecule has 1 unspecified atom stereocenters. The van der Waals surface area contributed by atoms with Gasteiger partial charge in [0, 0.05) is 45.0 Å². The number of urea groups is 1. The topological polar surface area (TPSA) is 107 Å². The number of nitriles is 1. The molecule has 0 aromatic heterocycles. The van der Waals surface area contributed by atoms with E-state index in [1.165, 1.54) is 17.7 Å². The van der Waals surface area contributed by atoms with Gasteiger partial charge in [-0.1, -0.05) is 32.0 Å². The average molecular weight is 508 g/mol. The molecule has 0 spiro atoms. The van der Waals surface area contributed by atoms with Gasteiger partial charge in [0.1, 0.15) is 5.82 Å². The van der Waals surface area contributed by atoms with Gasteiger partial charge in [0.05, 0.1) is 18.3 Å². The van der Waals surface area contributed by atoms with Gasteiger partial charge in [-0.3, -0.25) is 10.2 Å². The SMILES string of the molecule is CC(C)C1CN(C(=O)Nc2cccc(F)c2)CCN1C(=Nc1cccc2c1CCN(CCO)C2)NC#N. The summed E-state index contributed by atoms with van der Waals surface area (Å²) in [5.74, 6) is 0.236. The van der Waals surface area contributed by atoms with Gasteiger partial charge in [-0.2, -0.15) is 5.26 Å². The molecule has 0 saturated carbocycles. The summed E-state index contributed by atoms with van der Waals surface area (Å²) >= 11 is 0. The van der Waals surface area contributed by atoms with Gasteiger partial charge >= 0.3 is 6.03 Å². The summed E-state index contributed by atoms with van der Waals surface area (Å²) in [5, 5.41) is 24.4. The minimum atomic E-state index is -0.407. The summed E-state index contributed by atoms with van der Waals surface area (Å²) < 4.78 is 13.5. The molecule has 196 valence electrons. The van der Waals surface area contributed by atoms with E-state index in [9.17, 15) is 19.6 Å². The molecule has 4 rings (SSSR count). The Morgan fingerprint density at radius 1 is 1.24 bits per heavy atom. The fraction of sp³-hybridized carbons (Fsp3) is 0.444. The number of carbonyl (C=O) groups is 1. The maximum Gasteiger partial charge on any atom is 0.321 e. The highest BCUT2D eigenvalue weighted by molar-refractivity contribution is 5.90. The second kappa shape index (κ2) is 12.0. The first-order valence-electron chi connectivity index (χ1n) is 12.7. The molecular weight excluding hydrogens is 473 g/mol. The lowest BCUT2D eigenvalue weighted by Crippen LogP contribution is -2.60. The largest absolute Gasteiger partial charge is 0.395 e. The number of carbonyl (C=O) groups excluding carboxylic acids is 1. The van der Waals surface area contributed by atoms with Gasteiger partial charge in [0.2, 0.25) is 5.96 Å². The van der Waals surface area contributed by atoms with E-state index in [2.05, 4.69) is 40.3 Å². The minimum Gasteiger partial charge on any atom is -0.395 e. The van der Waals surface area contributed by atoms with Gasteiger partial charge in [-0.15, -0.1) is 0 Å². The molecule has 3 N–H and O–H groups in total. The third-order valence-corrected chi connectivity index (χ3v) is 6.95. The number of aliphatic hydroxyl groups excluding tert-OH is 1. The molecule has 1 saturated heterocycles. The number of aliphatic hydroxyl groups is 1. The van der Waals surface area contributed by atoms with Crippen LogP contribution in [0.3, 0.4) is 0 Å². The molecule has 10 heteroatoms. The number of halogens is 1. The Kier molecular flexibility index (Phi) is 8.58. The van der Waals surface area contributed by atoms with Crippen molar-refractivity contribution in [3.63, 3.8) is 0 Å².